The van der Waals surface area contributed by atoms with Crippen LogP contribution >= 0.6 is 0 Å². The molecule has 8 heteroatoms. The van der Waals surface area contributed by atoms with E-state index in [0.29, 0.717) is 11.1 Å². The average molecular weight is 479 g/mol. The SMILES string of the molecule is CC1(C)OC(=O)C2(C(=O)O1)C1c3ccccc3C=NN1[C@H](C(=O)C(C)(C)C)[C@H]2c1ccc(F)cc1. The van der Waals surface area contributed by atoms with E-state index in [1.165, 1.54) is 38.1 Å². The summed E-state index contributed by atoms with van der Waals surface area (Å²) < 4.78 is 25.3. The van der Waals surface area contributed by atoms with Gasteiger partial charge in [-0.25, -0.2) is 4.39 Å². The molecule has 0 bridgehead atoms. The number of hydrogen-bond donors (Lipinski definition) is 0. The molecule has 1 spiro atoms. The Morgan fingerprint density at radius 3 is 2.20 bits per heavy atom. The number of rotatable bonds is 2. The Labute approximate surface area is 202 Å². The van der Waals surface area contributed by atoms with Gasteiger partial charge in [-0.05, 0) is 28.8 Å². The molecular formula is C27H27FN2O5. The highest BCUT2D eigenvalue weighted by atomic mass is 19.1. The lowest BCUT2D eigenvalue weighted by molar-refractivity contribution is -0.254. The minimum Gasteiger partial charge on any atom is -0.422 e. The summed E-state index contributed by atoms with van der Waals surface area (Å²) in [5.41, 5.74) is -0.933. The summed E-state index contributed by atoms with van der Waals surface area (Å²) in [6.45, 7) is 8.30. The van der Waals surface area contributed by atoms with E-state index < -0.39 is 52.4 Å². The Hall–Kier alpha value is -3.55. The van der Waals surface area contributed by atoms with E-state index in [2.05, 4.69) is 5.10 Å². The normalized spacial score (nSPS) is 26.1. The van der Waals surface area contributed by atoms with Gasteiger partial charge in [-0.1, -0.05) is 57.2 Å². The van der Waals surface area contributed by atoms with Gasteiger partial charge in [0.05, 0.1) is 6.21 Å². The van der Waals surface area contributed by atoms with Crippen LogP contribution in [-0.4, -0.2) is 40.8 Å². The number of benzene rings is 2. The Balaban J connectivity index is 1.85. The minimum atomic E-state index is -1.94. The predicted molar refractivity (Wildman–Crippen MR) is 125 cm³/mol. The molecule has 0 amide bonds. The van der Waals surface area contributed by atoms with Crippen molar-refractivity contribution in [2.24, 2.45) is 15.9 Å². The highest BCUT2D eigenvalue weighted by Crippen LogP contribution is 2.63. The number of ether oxygens (including phenoxy) is 2. The average Bonchev–Trinajstić information content (AvgIpc) is 3.09. The second-order valence-corrected chi connectivity index (χ2v) is 10.8. The molecule has 0 aliphatic carbocycles. The van der Waals surface area contributed by atoms with Crippen LogP contribution in [0.5, 0.6) is 0 Å². The summed E-state index contributed by atoms with van der Waals surface area (Å²) in [5, 5.41) is 6.14. The van der Waals surface area contributed by atoms with E-state index in [9.17, 15) is 18.8 Å². The molecule has 3 atom stereocenters. The number of ketones is 1. The predicted octanol–water partition coefficient (Wildman–Crippen LogP) is 4.12. The molecule has 2 aromatic rings. The van der Waals surface area contributed by atoms with Gasteiger partial charge >= 0.3 is 11.9 Å². The number of fused-ring (bicyclic) bond motifs is 4. The maximum absolute atomic E-state index is 14.0. The Kier molecular flexibility index (Phi) is 4.95. The fourth-order valence-electron chi connectivity index (χ4n) is 5.50. The minimum absolute atomic E-state index is 0.212. The molecule has 1 unspecified atom stereocenters. The monoisotopic (exact) mass is 478 g/mol. The molecule has 3 aliphatic rings. The van der Waals surface area contributed by atoms with Gasteiger partial charge in [-0.3, -0.25) is 19.4 Å². The number of carbonyl (C=O) groups is 3. The largest absolute Gasteiger partial charge is 0.422 e. The Bertz CT molecular complexity index is 1240. The zero-order chi connectivity index (χ0) is 25.3. The third-order valence-electron chi connectivity index (χ3n) is 7.00. The highest BCUT2D eigenvalue weighted by Gasteiger charge is 2.75. The maximum atomic E-state index is 14.0. The standard InChI is InChI=1S/C27H27FN2O5/c1-25(2,3)22(31)20-19(15-10-12-17(28)13-11-15)27(23(32)34-26(4,5)35-24(27)33)21-18-9-7-6-8-16(18)14-29-30(20)21/h6-14,19-21H,1-5H3/t19-,20+,21?/m1/s1. The molecular weight excluding hydrogens is 451 g/mol. The molecule has 182 valence electrons. The van der Waals surface area contributed by atoms with Crippen LogP contribution in [0.3, 0.4) is 0 Å². The van der Waals surface area contributed by atoms with E-state index in [1.54, 1.807) is 38.1 Å². The molecule has 2 fully saturated rings. The third-order valence-corrected chi connectivity index (χ3v) is 7.00. The van der Waals surface area contributed by atoms with Crippen molar-refractivity contribution in [3.8, 4) is 0 Å². The first-order chi connectivity index (χ1) is 16.4. The number of hydrazone groups is 1. The second kappa shape index (κ2) is 7.47. The van der Waals surface area contributed by atoms with Crippen LogP contribution in [0.4, 0.5) is 4.39 Å². The molecule has 0 N–H and O–H groups in total. The van der Waals surface area contributed by atoms with Crippen LogP contribution in [0.2, 0.25) is 0 Å². The first kappa shape index (κ1) is 23.2. The third kappa shape index (κ3) is 3.30. The zero-order valence-corrected chi connectivity index (χ0v) is 20.2. The number of esters is 2. The van der Waals surface area contributed by atoms with Gasteiger partial charge in [-0.15, -0.1) is 0 Å². The molecule has 2 saturated heterocycles. The van der Waals surface area contributed by atoms with Gasteiger partial charge in [0, 0.05) is 25.2 Å². The van der Waals surface area contributed by atoms with Crippen LogP contribution in [0.15, 0.2) is 53.6 Å². The number of halogens is 1. The summed E-state index contributed by atoms with van der Waals surface area (Å²) in [5.74, 6) is -4.77. The Morgan fingerprint density at radius 2 is 1.60 bits per heavy atom. The molecule has 2 aromatic carbocycles. The lowest BCUT2D eigenvalue weighted by Gasteiger charge is -2.44. The molecule has 0 saturated carbocycles. The number of cyclic esters (lactones) is 2. The van der Waals surface area contributed by atoms with Crippen molar-refractivity contribution in [2.45, 2.75) is 58.4 Å². The summed E-state index contributed by atoms with van der Waals surface area (Å²) in [4.78, 5) is 41.9. The maximum Gasteiger partial charge on any atom is 0.330 e. The van der Waals surface area contributed by atoms with Crippen molar-refractivity contribution < 1.29 is 28.2 Å². The summed E-state index contributed by atoms with van der Waals surface area (Å²) >= 11 is 0. The van der Waals surface area contributed by atoms with Crippen LogP contribution in [0, 0.1) is 16.6 Å². The van der Waals surface area contributed by atoms with Crippen molar-refractivity contribution in [1.82, 2.24) is 5.01 Å². The first-order valence-corrected chi connectivity index (χ1v) is 11.6. The molecule has 35 heavy (non-hydrogen) atoms. The molecule has 5 rings (SSSR count). The van der Waals surface area contributed by atoms with Crippen LogP contribution in [-0.2, 0) is 23.9 Å². The topological polar surface area (TPSA) is 85.3 Å². The fourth-order valence-corrected chi connectivity index (χ4v) is 5.50. The first-order valence-electron chi connectivity index (χ1n) is 11.6. The molecule has 3 heterocycles. The summed E-state index contributed by atoms with van der Waals surface area (Å²) in [6.07, 6.45) is 1.62. The van der Waals surface area contributed by atoms with Crippen molar-refractivity contribution >= 4 is 23.9 Å². The van der Waals surface area contributed by atoms with E-state index in [0.717, 1.165) is 5.56 Å². The van der Waals surface area contributed by atoms with Crippen molar-refractivity contribution in [3.05, 3.63) is 71.0 Å². The van der Waals surface area contributed by atoms with Gasteiger partial charge in [0.2, 0.25) is 5.41 Å². The van der Waals surface area contributed by atoms with Gasteiger partial charge in [0.1, 0.15) is 17.9 Å². The van der Waals surface area contributed by atoms with Crippen LogP contribution in [0.1, 0.15) is 63.3 Å². The molecule has 7 nitrogen and oxygen atoms in total. The van der Waals surface area contributed by atoms with E-state index in [4.69, 9.17) is 9.47 Å². The molecule has 3 aliphatic heterocycles. The van der Waals surface area contributed by atoms with Gasteiger partial charge in [0.15, 0.2) is 5.78 Å². The van der Waals surface area contributed by atoms with Gasteiger partial charge < -0.3 is 9.47 Å². The summed E-state index contributed by atoms with van der Waals surface area (Å²) in [6, 6.07) is 10.8. The number of hydrogen-bond acceptors (Lipinski definition) is 7. The summed E-state index contributed by atoms with van der Waals surface area (Å²) in [7, 11) is 0. The Morgan fingerprint density at radius 1 is 1.00 bits per heavy atom. The van der Waals surface area contributed by atoms with Crippen LogP contribution < -0.4 is 0 Å². The van der Waals surface area contributed by atoms with Gasteiger partial charge in [0.25, 0.3) is 5.79 Å². The lowest BCUT2D eigenvalue weighted by Crippen LogP contribution is -2.58. The quantitative estimate of drug-likeness (QED) is 0.477. The van der Waals surface area contributed by atoms with E-state index in [-0.39, 0.29) is 5.78 Å². The fraction of sp³-hybridized carbons (Fsp3) is 0.407. The number of carbonyl (C=O) groups excluding carboxylic acids is 3. The van der Waals surface area contributed by atoms with Crippen molar-refractivity contribution in [3.63, 3.8) is 0 Å². The van der Waals surface area contributed by atoms with Crippen molar-refractivity contribution in [2.75, 3.05) is 0 Å². The smallest absolute Gasteiger partial charge is 0.330 e. The van der Waals surface area contributed by atoms with E-state index >= 15 is 0 Å². The van der Waals surface area contributed by atoms with Crippen LogP contribution in [0.25, 0.3) is 0 Å². The van der Waals surface area contributed by atoms with Gasteiger partial charge in [-0.2, -0.15) is 5.10 Å². The van der Waals surface area contributed by atoms with E-state index in [1.807, 2.05) is 18.2 Å². The molecule has 0 aromatic heterocycles. The zero-order valence-electron chi connectivity index (χ0n) is 20.2. The number of Topliss-reactive ketones (excluding diaryl/α,β-unsaturated/α-hetero) is 1. The highest BCUT2D eigenvalue weighted by molar-refractivity contribution is 6.07. The second-order valence-electron chi connectivity index (χ2n) is 10.8. The van der Waals surface area contributed by atoms with Crippen molar-refractivity contribution in [1.29, 1.82) is 0 Å². The number of nitrogens with zero attached hydrogens (tertiary/aromatic N) is 2. The molecule has 0 radical (unpaired) electrons. The lowest BCUT2D eigenvalue weighted by atomic mass is 9.64.